The summed E-state index contributed by atoms with van der Waals surface area (Å²) in [5.41, 5.74) is 6.18. The number of ether oxygens (including phenoxy) is 1. The summed E-state index contributed by atoms with van der Waals surface area (Å²) in [6, 6.07) is 3.20. The Balaban J connectivity index is 1.83. The standard InChI is InChI=1S/C16H24N4O3/c1-11(2)23-14-6-5-12(8-18-14)9-19-15(21)13-4-3-7-20(10-13)16(17)22/h5-6,8,11,13H,3-4,7,9-10H2,1-2H3,(H2,17,22)(H,19,21)/t13-/m1/s1. The van der Waals surface area contributed by atoms with Crippen molar-refractivity contribution < 1.29 is 14.3 Å². The van der Waals surface area contributed by atoms with E-state index in [1.807, 2.05) is 19.9 Å². The van der Waals surface area contributed by atoms with Crippen molar-refractivity contribution in [1.82, 2.24) is 15.2 Å². The van der Waals surface area contributed by atoms with Crippen LogP contribution in [0.2, 0.25) is 0 Å². The first-order valence-corrected chi connectivity index (χ1v) is 7.89. The molecule has 2 heterocycles. The molecule has 0 saturated carbocycles. The number of nitrogens with zero attached hydrogens (tertiary/aromatic N) is 2. The summed E-state index contributed by atoms with van der Waals surface area (Å²) in [6.45, 7) is 5.30. The fourth-order valence-corrected chi connectivity index (χ4v) is 2.55. The number of nitrogens with one attached hydrogen (secondary N) is 1. The van der Waals surface area contributed by atoms with Gasteiger partial charge in [-0.2, -0.15) is 0 Å². The second-order valence-electron chi connectivity index (χ2n) is 6.01. The van der Waals surface area contributed by atoms with Gasteiger partial charge in [0.2, 0.25) is 11.8 Å². The zero-order valence-corrected chi connectivity index (χ0v) is 13.6. The molecule has 0 unspecified atom stereocenters. The molecule has 23 heavy (non-hydrogen) atoms. The van der Waals surface area contributed by atoms with Gasteiger partial charge in [-0.25, -0.2) is 9.78 Å². The van der Waals surface area contributed by atoms with Crippen LogP contribution >= 0.6 is 0 Å². The number of piperidine rings is 1. The molecule has 0 aliphatic carbocycles. The Morgan fingerprint density at radius 1 is 1.48 bits per heavy atom. The number of primary amides is 1. The maximum absolute atomic E-state index is 12.2. The van der Waals surface area contributed by atoms with Crippen molar-refractivity contribution in [1.29, 1.82) is 0 Å². The highest BCUT2D eigenvalue weighted by Gasteiger charge is 2.27. The largest absolute Gasteiger partial charge is 0.475 e. The first-order valence-electron chi connectivity index (χ1n) is 7.89. The summed E-state index contributed by atoms with van der Waals surface area (Å²) < 4.78 is 5.48. The Morgan fingerprint density at radius 3 is 2.87 bits per heavy atom. The van der Waals surface area contributed by atoms with Gasteiger partial charge in [0.05, 0.1) is 12.0 Å². The Morgan fingerprint density at radius 2 is 2.26 bits per heavy atom. The van der Waals surface area contributed by atoms with Gasteiger partial charge in [-0.1, -0.05) is 6.07 Å². The van der Waals surface area contributed by atoms with Gasteiger partial charge in [-0.05, 0) is 32.3 Å². The second kappa shape index (κ2) is 7.80. The highest BCUT2D eigenvalue weighted by atomic mass is 16.5. The lowest BCUT2D eigenvalue weighted by molar-refractivity contribution is -0.126. The molecule has 1 aromatic heterocycles. The maximum Gasteiger partial charge on any atom is 0.314 e. The molecule has 0 radical (unpaired) electrons. The van der Waals surface area contributed by atoms with E-state index in [1.54, 1.807) is 12.3 Å². The predicted octanol–water partition coefficient (Wildman–Crippen LogP) is 1.28. The molecule has 1 saturated heterocycles. The number of hydrogen-bond donors (Lipinski definition) is 2. The highest BCUT2D eigenvalue weighted by molar-refractivity contribution is 5.80. The van der Waals surface area contributed by atoms with Gasteiger partial charge in [0.15, 0.2) is 0 Å². The van der Waals surface area contributed by atoms with Gasteiger partial charge in [0.25, 0.3) is 0 Å². The van der Waals surface area contributed by atoms with Crippen molar-refractivity contribution >= 4 is 11.9 Å². The molecule has 0 spiro atoms. The Bertz CT molecular complexity index is 545. The third-order valence-electron chi connectivity index (χ3n) is 3.72. The average Bonchev–Trinajstić information content (AvgIpc) is 2.53. The number of aromatic nitrogens is 1. The number of rotatable bonds is 5. The molecule has 1 fully saturated rings. The summed E-state index contributed by atoms with van der Waals surface area (Å²) >= 11 is 0. The van der Waals surface area contributed by atoms with Crippen LogP contribution in [-0.4, -0.2) is 41.0 Å². The lowest BCUT2D eigenvalue weighted by Gasteiger charge is -2.30. The number of carbonyl (C=O) groups is 2. The van der Waals surface area contributed by atoms with Crippen molar-refractivity contribution in [3.63, 3.8) is 0 Å². The first kappa shape index (κ1) is 17.1. The Hall–Kier alpha value is -2.31. The van der Waals surface area contributed by atoms with E-state index in [0.29, 0.717) is 25.5 Å². The number of hydrogen-bond acceptors (Lipinski definition) is 4. The molecule has 3 amide bonds. The zero-order chi connectivity index (χ0) is 16.8. The quantitative estimate of drug-likeness (QED) is 0.854. The van der Waals surface area contributed by atoms with Crippen molar-refractivity contribution in [2.75, 3.05) is 13.1 Å². The molecule has 2 rings (SSSR count). The number of urea groups is 1. The van der Waals surface area contributed by atoms with Gasteiger partial charge in [-0.15, -0.1) is 0 Å². The molecule has 0 aromatic carbocycles. The number of pyridine rings is 1. The molecule has 7 nitrogen and oxygen atoms in total. The number of carbonyl (C=O) groups excluding carboxylic acids is 2. The molecular formula is C16H24N4O3. The molecule has 0 bridgehead atoms. The summed E-state index contributed by atoms with van der Waals surface area (Å²) in [6.07, 6.45) is 3.33. The fourth-order valence-electron chi connectivity index (χ4n) is 2.55. The Kier molecular flexibility index (Phi) is 5.78. The van der Waals surface area contributed by atoms with Gasteiger partial charge in [-0.3, -0.25) is 4.79 Å². The van der Waals surface area contributed by atoms with Gasteiger partial charge in [0.1, 0.15) is 0 Å². The summed E-state index contributed by atoms with van der Waals surface area (Å²) in [4.78, 5) is 29.1. The molecule has 126 valence electrons. The molecule has 7 heteroatoms. The third kappa shape index (κ3) is 5.12. The van der Waals surface area contributed by atoms with Crippen molar-refractivity contribution in [3.05, 3.63) is 23.9 Å². The number of nitrogens with two attached hydrogens (primary N) is 1. The number of amides is 3. The van der Waals surface area contributed by atoms with Crippen molar-refractivity contribution in [2.24, 2.45) is 11.7 Å². The van der Waals surface area contributed by atoms with E-state index in [2.05, 4.69) is 10.3 Å². The van der Waals surface area contributed by atoms with Gasteiger partial charge in [0, 0.05) is 31.9 Å². The molecular weight excluding hydrogens is 296 g/mol. The van der Waals surface area contributed by atoms with Crippen LogP contribution in [0.4, 0.5) is 4.79 Å². The SMILES string of the molecule is CC(C)Oc1ccc(CNC(=O)[C@@H]2CCCN(C(N)=O)C2)cn1. The minimum absolute atomic E-state index is 0.0570. The average molecular weight is 320 g/mol. The van der Waals surface area contributed by atoms with Crippen LogP contribution in [0.5, 0.6) is 5.88 Å². The minimum atomic E-state index is -0.465. The van der Waals surface area contributed by atoms with E-state index >= 15 is 0 Å². The van der Waals surface area contributed by atoms with Gasteiger partial charge >= 0.3 is 6.03 Å². The smallest absolute Gasteiger partial charge is 0.314 e. The van der Waals surface area contributed by atoms with Crippen LogP contribution in [0.25, 0.3) is 0 Å². The van der Waals surface area contributed by atoms with E-state index in [9.17, 15) is 9.59 Å². The summed E-state index contributed by atoms with van der Waals surface area (Å²) in [5.74, 6) is 0.311. The third-order valence-corrected chi connectivity index (χ3v) is 3.72. The predicted molar refractivity (Wildman–Crippen MR) is 85.7 cm³/mol. The van der Waals surface area contributed by atoms with Crippen molar-refractivity contribution in [2.45, 2.75) is 39.3 Å². The lowest BCUT2D eigenvalue weighted by Crippen LogP contribution is -2.47. The van der Waals surface area contributed by atoms with E-state index in [4.69, 9.17) is 10.5 Å². The van der Waals surface area contributed by atoms with Crippen LogP contribution in [0, 0.1) is 5.92 Å². The number of likely N-dealkylation sites (tertiary alicyclic amines) is 1. The molecule has 1 aliphatic rings. The second-order valence-corrected chi connectivity index (χ2v) is 6.01. The van der Waals surface area contributed by atoms with Crippen LogP contribution in [0.15, 0.2) is 18.3 Å². The van der Waals surface area contributed by atoms with Crippen LogP contribution in [-0.2, 0) is 11.3 Å². The minimum Gasteiger partial charge on any atom is -0.475 e. The molecule has 1 aromatic rings. The van der Waals surface area contributed by atoms with E-state index in [0.717, 1.165) is 18.4 Å². The lowest BCUT2D eigenvalue weighted by atomic mass is 9.97. The van der Waals surface area contributed by atoms with Crippen molar-refractivity contribution in [3.8, 4) is 5.88 Å². The fraction of sp³-hybridized carbons (Fsp3) is 0.562. The van der Waals surface area contributed by atoms with Crippen LogP contribution in [0.1, 0.15) is 32.3 Å². The molecule has 3 N–H and O–H groups in total. The van der Waals surface area contributed by atoms with E-state index in [1.165, 1.54) is 4.90 Å². The highest BCUT2D eigenvalue weighted by Crippen LogP contribution is 2.16. The summed E-state index contributed by atoms with van der Waals surface area (Å²) in [5, 5.41) is 2.89. The van der Waals surface area contributed by atoms with Crippen LogP contribution in [0.3, 0.4) is 0 Å². The van der Waals surface area contributed by atoms with E-state index in [-0.39, 0.29) is 17.9 Å². The normalized spacial score (nSPS) is 17.9. The van der Waals surface area contributed by atoms with Gasteiger partial charge < -0.3 is 20.7 Å². The molecule has 1 atom stereocenters. The van der Waals surface area contributed by atoms with E-state index < -0.39 is 6.03 Å². The Labute approximate surface area is 136 Å². The summed E-state index contributed by atoms with van der Waals surface area (Å²) in [7, 11) is 0. The first-order chi connectivity index (χ1) is 11.0. The topological polar surface area (TPSA) is 97.5 Å². The maximum atomic E-state index is 12.2. The molecule has 1 aliphatic heterocycles. The zero-order valence-electron chi connectivity index (χ0n) is 13.6. The monoisotopic (exact) mass is 320 g/mol. The van der Waals surface area contributed by atoms with Crippen LogP contribution < -0.4 is 15.8 Å².